The fourth-order valence-electron chi connectivity index (χ4n) is 7.51. The van der Waals surface area contributed by atoms with Gasteiger partial charge in [0.1, 0.15) is 6.29 Å². The number of aldehydes is 1. The molecule has 92 heavy (non-hydrogen) atoms. The summed E-state index contributed by atoms with van der Waals surface area (Å²) in [4.78, 5) is 93.4. The number of hydrogen-bond acceptors (Lipinski definition) is 21. The molecule has 10 rings (SSSR count). The predicted octanol–water partition coefficient (Wildman–Crippen LogP) is 13.2. The van der Waals surface area contributed by atoms with E-state index in [4.69, 9.17) is 46.4 Å². The largest absolute Gasteiger partial charge is 0.369 e. The van der Waals surface area contributed by atoms with E-state index in [1.807, 2.05) is 12.1 Å². The molecule has 4 aromatic heterocycles. The van der Waals surface area contributed by atoms with Gasteiger partial charge in [0.15, 0.2) is 45.5 Å². The number of aromatic nitrogens is 8. The molecule has 5 heterocycles. The third kappa shape index (κ3) is 19.3. The van der Waals surface area contributed by atoms with E-state index in [2.05, 4.69) is 62.0 Å². The number of anilines is 3. The Bertz CT molecular complexity index is 4190. The second kappa shape index (κ2) is 31.8. The molecular formula is C55H37Cl4F8N15O10. The number of likely N-dealkylation sites (N-methyl/N-ethyl adjacent to an activating group) is 1. The van der Waals surface area contributed by atoms with Crippen LogP contribution >= 0.6 is 46.4 Å². The summed E-state index contributed by atoms with van der Waals surface area (Å²) in [6.45, 7) is 3.73. The van der Waals surface area contributed by atoms with Crippen LogP contribution < -0.4 is 10.2 Å². The molecule has 9 aromatic rings. The normalized spacial score (nSPS) is 11.9. The molecule has 0 bridgehead atoms. The monoisotopic (exact) mass is 1360 g/mol. The average molecular weight is 1360 g/mol. The van der Waals surface area contributed by atoms with E-state index in [1.54, 1.807) is 12.1 Å². The molecule has 25 nitrogen and oxygen atoms in total. The number of benzene rings is 5. The first-order valence-electron chi connectivity index (χ1n) is 25.3. The van der Waals surface area contributed by atoms with Gasteiger partial charge in [-0.15, -0.1) is 0 Å². The number of carbonyl (C=O) groups excluding carboxylic acids is 2. The minimum Gasteiger partial charge on any atom is -0.369 e. The third-order valence-electron chi connectivity index (χ3n) is 12.0. The van der Waals surface area contributed by atoms with Crippen molar-refractivity contribution in [1.29, 1.82) is 0 Å². The lowest BCUT2D eigenvalue weighted by atomic mass is 10.0. The quantitative estimate of drug-likeness (QED) is 0.0201. The number of nitro groups is 4. The molecule has 0 aliphatic carbocycles. The van der Waals surface area contributed by atoms with E-state index in [1.165, 1.54) is 42.5 Å². The van der Waals surface area contributed by atoms with Crippen LogP contribution in [0, 0.1) is 63.7 Å². The van der Waals surface area contributed by atoms with E-state index in [0.29, 0.717) is 42.1 Å². The van der Waals surface area contributed by atoms with Gasteiger partial charge in [0, 0.05) is 108 Å². The van der Waals surface area contributed by atoms with Crippen LogP contribution in [-0.2, 0) is 11.8 Å². The number of carbonyl (C=O) groups is 2. The number of nitrogens with one attached hydrogen (secondary N) is 1. The van der Waals surface area contributed by atoms with Crippen molar-refractivity contribution in [2.75, 3.05) is 43.4 Å². The molecule has 1 fully saturated rings. The Balaban J connectivity index is 0.000000197. The smallest absolute Gasteiger partial charge is 0.318 e. The first-order valence-corrected chi connectivity index (χ1v) is 26.8. The van der Waals surface area contributed by atoms with Gasteiger partial charge in [-0.25, -0.2) is 57.4 Å². The number of halogens is 12. The summed E-state index contributed by atoms with van der Waals surface area (Å²) in [5.41, 5.74) is -3.99. The lowest BCUT2D eigenvalue weighted by molar-refractivity contribution is -0.385. The van der Waals surface area contributed by atoms with Gasteiger partial charge in [0.05, 0.1) is 44.5 Å². The number of non-ortho nitro benzene ring substituents is 4. The molecule has 476 valence electrons. The predicted molar refractivity (Wildman–Crippen MR) is 315 cm³/mol. The highest BCUT2D eigenvalue weighted by molar-refractivity contribution is 6.31. The number of alkyl halides is 4. The average Bonchev–Trinajstić information content (AvgIpc) is 0.824. The first-order chi connectivity index (χ1) is 43.5. The van der Waals surface area contributed by atoms with Crippen LogP contribution in [0.1, 0.15) is 48.9 Å². The number of hydrogen-bond donors (Lipinski definition) is 1. The summed E-state index contributed by atoms with van der Waals surface area (Å²) < 4.78 is 112. The molecule has 5 aromatic carbocycles. The van der Waals surface area contributed by atoms with E-state index < -0.39 is 105 Å². The molecule has 1 aliphatic heterocycles. The zero-order valence-electron chi connectivity index (χ0n) is 46.1. The first kappa shape index (κ1) is 70.6. The highest BCUT2D eigenvalue weighted by Gasteiger charge is 2.41. The molecule has 1 N–H and O–H groups in total. The maximum absolute atomic E-state index is 15.0. The summed E-state index contributed by atoms with van der Waals surface area (Å²) in [7, 11) is 2.07. The lowest BCUT2D eigenvalue weighted by Crippen LogP contribution is -2.44. The Morgan fingerprint density at radius 3 is 1.47 bits per heavy atom. The van der Waals surface area contributed by atoms with Crippen LogP contribution in [0.3, 0.4) is 0 Å². The summed E-state index contributed by atoms with van der Waals surface area (Å²) in [6, 6.07) is 25.4. The fourth-order valence-corrected chi connectivity index (χ4v) is 8.08. The van der Waals surface area contributed by atoms with Crippen LogP contribution in [0.15, 0.2) is 146 Å². The SMILES string of the molecule is CN1CCN(c2ccc(Nc3ncc(F)c(C(F)(F)c4cccc([N+](=O)[O-])c4)n3)cc2)CC1.Fc1cnc(Cl)nc1Cl.O=C(c1cccc([N+](=O)[O-])c1)c1nc(Cl)ncc1F.O=Cc1cccc([N+](=O)[O-])c1.O=[N+]([O-])c1cccc(C(F)(F)c2nc(Cl)ncc2F)c1. The van der Waals surface area contributed by atoms with Crippen molar-refractivity contribution in [3.63, 3.8) is 0 Å². The fraction of sp³-hybridized carbons (Fsp3) is 0.127. The van der Waals surface area contributed by atoms with Gasteiger partial charge in [0.25, 0.3) is 22.7 Å². The van der Waals surface area contributed by atoms with Crippen molar-refractivity contribution in [2.45, 2.75) is 11.8 Å². The Morgan fingerprint density at radius 1 is 0.533 bits per heavy atom. The van der Waals surface area contributed by atoms with Gasteiger partial charge in [0.2, 0.25) is 27.6 Å². The standard InChI is InChI=1S/C22H21F3N6O2.C11H5ClF3N3O2.C11H5ClFN3O3.C7H5NO3.C4HCl2FN2/c1-29-9-11-30(12-10-29)17-7-5-16(6-8-17)27-21-26-14-19(23)20(28-21)22(24,25)15-3-2-4-18(13-15)31(32)33;12-10-16-5-8(13)9(17-10)11(14,15)6-2-1-3-7(4-6)18(19)20;12-11-14-5-8(13)9(15-11)10(17)6-2-1-3-7(4-6)16(18)19;9-5-6-2-1-3-7(4-6)8(10)11;5-3-2(7)1-8-4(6)9-3/h2-8,13-14H,9-12H2,1H3,(H,26,27,28);1-5H;1-5H;1-5H;1H. The Kier molecular flexibility index (Phi) is 24.4. The van der Waals surface area contributed by atoms with Gasteiger partial charge < -0.3 is 15.1 Å². The maximum Gasteiger partial charge on any atom is 0.318 e. The highest BCUT2D eigenvalue weighted by Crippen LogP contribution is 2.39. The van der Waals surface area contributed by atoms with Crippen molar-refractivity contribution in [1.82, 2.24) is 44.8 Å². The van der Waals surface area contributed by atoms with Gasteiger partial charge in [-0.2, -0.15) is 17.6 Å². The number of nitrogens with zero attached hydrogens (tertiary/aromatic N) is 14. The van der Waals surface area contributed by atoms with Crippen molar-refractivity contribution < 1.29 is 64.4 Å². The minimum absolute atomic E-state index is 0.0529. The molecule has 0 radical (unpaired) electrons. The number of nitro benzene ring substituents is 4. The molecule has 37 heteroatoms. The zero-order valence-corrected chi connectivity index (χ0v) is 49.2. The lowest BCUT2D eigenvalue weighted by Gasteiger charge is -2.34. The molecule has 1 saturated heterocycles. The highest BCUT2D eigenvalue weighted by atomic mass is 35.5. The molecule has 0 saturated carbocycles. The summed E-state index contributed by atoms with van der Waals surface area (Å²) in [6.07, 6.45) is 3.41. The molecule has 0 atom stereocenters. The Labute approximate surface area is 530 Å². The number of rotatable bonds is 14. The van der Waals surface area contributed by atoms with Crippen molar-refractivity contribution in [3.05, 3.63) is 270 Å². The summed E-state index contributed by atoms with van der Waals surface area (Å²) >= 11 is 21.3. The molecular weight excluding hydrogens is 1320 g/mol. The number of ketones is 1. The van der Waals surface area contributed by atoms with Crippen LogP contribution in [0.4, 0.5) is 75.2 Å². The zero-order chi connectivity index (χ0) is 67.6. The Morgan fingerprint density at radius 2 is 0.967 bits per heavy atom. The second-order valence-corrected chi connectivity index (χ2v) is 19.5. The molecule has 0 unspecified atom stereocenters. The second-order valence-electron chi connectivity index (χ2n) is 18.2. The van der Waals surface area contributed by atoms with Crippen molar-refractivity contribution in [2.24, 2.45) is 0 Å². The van der Waals surface area contributed by atoms with Gasteiger partial charge in [-0.1, -0.05) is 60.1 Å². The summed E-state index contributed by atoms with van der Waals surface area (Å²) in [5, 5.41) is 43.9. The van der Waals surface area contributed by atoms with Crippen LogP contribution in [0.25, 0.3) is 0 Å². The van der Waals surface area contributed by atoms with Crippen molar-refractivity contribution in [3.8, 4) is 0 Å². The third-order valence-corrected chi connectivity index (χ3v) is 12.8. The van der Waals surface area contributed by atoms with E-state index >= 15 is 8.78 Å². The van der Waals surface area contributed by atoms with Gasteiger partial charge in [-0.3, -0.25) is 50.0 Å². The topological polar surface area (TPSA) is 328 Å². The number of piperazine rings is 1. The maximum atomic E-state index is 15.0. The molecule has 0 amide bonds. The van der Waals surface area contributed by atoms with Crippen LogP contribution in [0.5, 0.6) is 0 Å². The Hall–Kier alpha value is -10.5. The molecule has 1 aliphatic rings. The van der Waals surface area contributed by atoms with Crippen LogP contribution in [-0.4, -0.2) is 110 Å². The van der Waals surface area contributed by atoms with Crippen molar-refractivity contribution >= 4 is 98.5 Å². The van der Waals surface area contributed by atoms with Gasteiger partial charge in [-0.05, 0) is 66.1 Å². The summed E-state index contributed by atoms with van der Waals surface area (Å²) in [5.74, 6) is -13.1. The van der Waals surface area contributed by atoms with E-state index in [0.717, 1.165) is 86.7 Å². The van der Waals surface area contributed by atoms with Crippen LogP contribution in [0.2, 0.25) is 21.0 Å². The minimum atomic E-state index is -3.90. The molecule has 0 spiro atoms. The van der Waals surface area contributed by atoms with E-state index in [-0.39, 0.29) is 38.6 Å². The van der Waals surface area contributed by atoms with E-state index in [9.17, 15) is 76.4 Å². The van der Waals surface area contributed by atoms with Gasteiger partial charge >= 0.3 is 11.8 Å².